The quantitative estimate of drug-likeness (QED) is 0.891. The van der Waals surface area contributed by atoms with E-state index in [1.54, 1.807) is 0 Å². The molecule has 0 saturated carbocycles. The van der Waals surface area contributed by atoms with Gasteiger partial charge in [-0.3, -0.25) is 15.0 Å². The van der Waals surface area contributed by atoms with E-state index in [-0.39, 0.29) is 5.91 Å². The van der Waals surface area contributed by atoms with Crippen LogP contribution >= 0.6 is 0 Å². The van der Waals surface area contributed by atoms with Gasteiger partial charge in [-0.05, 0) is 31.9 Å². The standard InChI is InChI=1S/C16H23N3O2/c1-12-5-7-13(8-6-12)14-4-3-10-19(14)11-9-15(20)18-16(21)17-2/h5-8,14H,3-4,9-11H2,1-2H3,(H2,17,18,20,21)/t14-/m1/s1. The molecule has 1 saturated heterocycles. The van der Waals surface area contributed by atoms with Gasteiger partial charge in [0.25, 0.3) is 0 Å². The van der Waals surface area contributed by atoms with E-state index in [2.05, 4.69) is 46.7 Å². The van der Waals surface area contributed by atoms with Crippen molar-refractivity contribution in [1.82, 2.24) is 15.5 Å². The molecule has 5 heteroatoms. The van der Waals surface area contributed by atoms with Crippen LogP contribution in [-0.4, -0.2) is 37.0 Å². The Morgan fingerprint density at radius 3 is 2.67 bits per heavy atom. The smallest absolute Gasteiger partial charge is 0.321 e. The minimum Gasteiger partial charge on any atom is -0.341 e. The third kappa shape index (κ3) is 4.29. The first kappa shape index (κ1) is 15.5. The van der Waals surface area contributed by atoms with Crippen molar-refractivity contribution in [3.8, 4) is 0 Å². The van der Waals surface area contributed by atoms with Crippen molar-refractivity contribution in [2.24, 2.45) is 0 Å². The third-order valence-electron chi connectivity index (χ3n) is 3.93. The van der Waals surface area contributed by atoms with E-state index in [0.29, 0.717) is 19.0 Å². The average Bonchev–Trinajstić information content (AvgIpc) is 2.94. The van der Waals surface area contributed by atoms with E-state index in [4.69, 9.17) is 0 Å². The number of aryl methyl sites for hydroxylation is 1. The molecule has 1 heterocycles. The maximum Gasteiger partial charge on any atom is 0.321 e. The molecule has 1 aromatic carbocycles. The van der Waals surface area contributed by atoms with Gasteiger partial charge in [-0.2, -0.15) is 0 Å². The summed E-state index contributed by atoms with van der Waals surface area (Å²) in [5.74, 6) is -0.232. The minimum absolute atomic E-state index is 0.232. The van der Waals surface area contributed by atoms with Crippen LogP contribution in [0.3, 0.4) is 0 Å². The number of carbonyl (C=O) groups excluding carboxylic acids is 2. The highest BCUT2D eigenvalue weighted by molar-refractivity contribution is 5.94. The molecule has 5 nitrogen and oxygen atoms in total. The fourth-order valence-corrected chi connectivity index (χ4v) is 2.76. The topological polar surface area (TPSA) is 61.4 Å². The van der Waals surface area contributed by atoms with E-state index in [0.717, 1.165) is 19.4 Å². The molecule has 2 N–H and O–H groups in total. The zero-order valence-electron chi connectivity index (χ0n) is 12.7. The highest BCUT2D eigenvalue weighted by Crippen LogP contribution is 2.31. The van der Waals surface area contributed by atoms with Crippen LogP contribution in [0.1, 0.15) is 36.4 Å². The number of hydrogen-bond donors (Lipinski definition) is 2. The number of nitrogens with zero attached hydrogens (tertiary/aromatic N) is 1. The van der Waals surface area contributed by atoms with Crippen molar-refractivity contribution in [3.63, 3.8) is 0 Å². The Balaban J connectivity index is 1.89. The van der Waals surface area contributed by atoms with Crippen molar-refractivity contribution in [2.75, 3.05) is 20.1 Å². The first-order valence-electron chi connectivity index (χ1n) is 7.42. The van der Waals surface area contributed by atoms with Crippen molar-refractivity contribution in [3.05, 3.63) is 35.4 Å². The van der Waals surface area contributed by atoms with Gasteiger partial charge >= 0.3 is 6.03 Å². The first-order valence-corrected chi connectivity index (χ1v) is 7.42. The molecule has 0 unspecified atom stereocenters. The average molecular weight is 289 g/mol. The van der Waals surface area contributed by atoms with E-state index in [9.17, 15) is 9.59 Å². The summed E-state index contributed by atoms with van der Waals surface area (Å²) in [7, 11) is 1.50. The molecule has 0 spiro atoms. The van der Waals surface area contributed by atoms with Gasteiger partial charge in [0.15, 0.2) is 0 Å². The number of amides is 3. The Morgan fingerprint density at radius 1 is 1.29 bits per heavy atom. The minimum atomic E-state index is -0.448. The summed E-state index contributed by atoms with van der Waals surface area (Å²) in [6, 6.07) is 8.54. The molecule has 0 aromatic heterocycles. The number of likely N-dealkylation sites (tertiary alicyclic amines) is 1. The highest BCUT2D eigenvalue weighted by atomic mass is 16.2. The fourth-order valence-electron chi connectivity index (χ4n) is 2.76. The number of nitrogens with one attached hydrogen (secondary N) is 2. The van der Waals surface area contributed by atoms with E-state index >= 15 is 0 Å². The summed E-state index contributed by atoms with van der Waals surface area (Å²) in [6.07, 6.45) is 2.62. The number of carbonyl (C=O) groups is 2. The Hall–Kier alpha value is -1.88. The SMILES string of the molecule is CNC(=O)NC(=O)CCN1CCC[C@@H]1c1ccc(C)cc1. The lowest BCUT2D eigenvalue weighted by molar-refractivity contribution is -0.120. The van der Waals surface area contributed by atoms with Gasteiger partial charge in [-0.1, -0.05) is 29.8 Å². The maximum absolute atomic E-state index is 11.7. The van der Waals surface area contributed by atoms with Crippen LogP contribution in [0.5, 0.6) is 0 Å². The lowest BCUT2D eigenvalue weighted by Crippen LogP contribution is -2.39. The Bertz CT molecular complexity index is 499. The number of rotatable bonds is 4. The predicted molar refractivity (Wildman–Crippen MR) is 81.9 cm³/mol. The van der Waals surface area contributed by atoms with Gasteiger partial charge in [-0.15, -0.1) is 0 Å². The van der Waals surface area contributed by atoms with E-state index < -0.39 is 6.03 Å². The zero-order valence-corrected chi connectivity index (χ0v) is 12.7. The molecule has 2 rings (SSSR count). The summed E-state index contributed by atoms with van der Waals surface area (Å²) in [5.41, 5.74) is 2.57. The molecule has 1 aliphatic rings. The predicted octanol–water partition coefficient (Wildman–Crippen LogP) is 1.98. The van der Waals surface area contributed by atoms with Gasteiger partial charge < -0.3 is 5.32 Å². The van der Waals surface area contributed by atoms with Gasteiger partial charge in [0.1, 0.15) is 0 Å². The molecule has 21 heavy (non-hydrogen) atoms. The number of benzene rings is 1. The summed E-state index contributed by atoms with van der Waals surface area (Å²) in [4.78, 5) is 25.1. The van der Waals surface area contributed by atoms with Crippen LogP contribution in [0.25, 0.3) is 0 Å². The summed E-state index contributed by atoms with van der Waals surface area (Å²) >= 11 is 0. The third-order valence-corrected chi connectivity index (χ3v) is 3.93. The van der Waals surface area contributed by atoms with Crippen LogP contribution in [0.15, 0.2) is 24.3 Å². The fraction of sp³-hybridized carbons (Fsp3) is 0.500. The summed E-state index contributed by atoms with van der Waals surface area (Å²) < 4.78 is 0. The summed E-state index contributed by atoms with van der Waals surface area (Å²) in [5, 5.41) is 4.68. The van der Waals surface area contributed by atoms with Crippen molar-refractivity contribution in [1.29, 1.82) is 0 Å². The van der Waals surface area contributed by atoms with Crippen LogP contribution in [0.4, 0.5) is 4.79 Å². The lowest BCUT2D eigenvalue weighted by Gasteiger charge is -2.24. The molecule has 1 atom stereocenters. The highest BCUT2D eigenvalue weighted by Gasteiger charge is 2.26. The molecule has 1 aliphatic heterocycles. The van der Waals surface area contributed by atoms with Crippen LogP contribution in [0, 0.1) is 6.92 Å². The Labute approximate surface area is 125 Å². The monoisotopic (exact) mass is 289 g/mol. The number of urea groups is 1. The van der Waals surface area contributed by atoms with Gasteiger partial charge in [0, 0.05) is 26.1 Å². The normalized spacial score (nSPS) is 18.5. The molecular weight excluding hydrogens is 266 g/mol. The molecule has 1 aromatic rings. The van der Waals surface area contributed by atoms with Crippen LogP contribution in [-0.2, 0) is 4.79 Å². The molecule has 3 amide bonds. The summed E-state index contributed by atoms with van der Waals surface area (Å²) in [6.45, 7) is 3.77. The largest absolute Gasteiger partial charge is 0.341 e. The second kappa shape index (κ2) is 7.22. The van der Waals surface area contributed by atoms with Crippen molar-refractivity contribution in [2.45, 2.75) is 32.2 Å². The van der Waals surface area contributed by atoms with Gasteiger partial charge in [-0.25, -0.2) is 4.79 Å². The number of imide groups is 1. The molecule has 0 bridgehead atoms. The van der Waals surface area contributed by atoms with Crippen LogP contribution in [0.2, 0.25) is 0 Å². The second-order valence-corrected chi connectivity index (χ2v) is 5.48. The zero-order chi connectivity index (χ0) is 15.2. The Kier molecular flexibility index (Phi) is 5.33. The van der Waals surface area contributed by atoms with Crippen LogP contribution < -0.4 is 10.6 Å². The molecular formula is C16H23N3O2. The molecule has 0 radical (unpaired) electrons. The molecule has 1 fully saturated rings. The first-order chi connectivity index (χ1) is 10.1. The van der Waals surface area contributed by atoms with Gasteiger partial charge in [0.2, 0.25) is 5.91 Å². The van der Waals surface area contributed by atoms with Crippen molar-refractivity contribution >= 4 is 11.9 Å². The van der Waals surface area contributed by atoms with Gasteiger partial charge in [0.05, 0.1) is 0 Å². The van der Waals surface area contributed by atoms with E-state index in [1.807, 2.05) is 0 Å². The number of hydrogen-bond acceptors (Lipinski definition) is 3. The Morgan fingerprint density at radius 2 is 2.00 bits per heavy atom. The lowest BCUT2D eigenvalue weighted by atomic mass is 10.0. The van der Waals surface area contributed by atoms with E-state index in [1.165, 1.54) is 18.2 Å². The maximum atomic E-state index is 11.7. The molecule has 114 valence electrons. The molecule has 0 aliphatic carbocycles. The second-order valence-electron chi connectivity index (χ2n) is 5.48. The van der Waals surface area contributed by atoms with Crippen molar-refractivity contribution < 1.29 is 9.59 Å².